The Bertz CT molecular complexity index is 1080. The van der Waals surface area contributed by atoms with Crippen molar-refractivity contribution in [2.24, 2.45) is 14.1 Å². The minimum absolute atomic E-state index is 0.295. The standard InChI is InChI=1S/C16H16BrN5O2/c1-19-13-12(14(23)20(2)16(19)24)22-7-6-21(15(22)18-13)9-10-4-3-5-11(17)8-10/h3-5,8H,6-7,9H2,1-2H3. The monoisotopic (exact) mass is 389 g/mol. The van der Waals surface area contributed by atoms with E-state index in [4.69, 9.17) is 0 Å². The van der Waals surface area contributed by atoms with E-state index in [-0.39, 0.29) is 11.2 Å². The van der Waals surface area contributed by atoms with Crippen LogP contribution < -0.4 is 16.1 Å². The molecule has 8 heteroatoms. The molecule has 0 atom stereocenters. The van der Waals surface area contributed by atoms with E-state index in [9.17, 15) is 9.59 Å². The van der Waals surface area contributed by atoms with E-state index in [0.29, 0.717) is 24.3 Å². The summed E-state index contributed by atoms with van der Waals surface area (Å²) >= 11 is 3.48. The van der Waals surface area contributed by atoms with Gasteiger partial charge in [-0.15, -0.1) is 0 Å². The zero-order chi connectivity index (χ0) is 17.0. The Balaban J connectivity index is 1.84. The van der Waals surface area contributed by atoms with Gasteiger partial charge in [-0.1, -0.05) is 28.1 Å². The number of benzene rings is 1. The SMILES string of the molecule is Cn1c(=O)c2c(nc3n2CCN3Cc2cccc(Br)c2)n(C)c1=O. The molecule has 0 amide bonds. The molecule has 0 saturated heterocycles. The number of aryl methyl sites for hydroxylation is 1. The molecule has 124 valence electrons. The normalized spacial score (nSPS) is 13.7. The van der Waals surface area contributed by atoms with Crippen LogP contribution in [0.2, 0.25) is 0 Å². The van der Waals surface area contributed by atoms with Crippen LogP contribution in [-0.2, 0) is 27.2 Å². The highest BCUT2D eigenvalue weighted by molar-refractivity contribution is 9.10. The van der Waals surface area contributed by atoms with Crippen molar-refractivity contribution in [1.29, 1.82) is 0 Å². The molecule has 0 unspecified atom stereocenters. The van der Waals surface area contributed by atoms with Gasteiger partial charge in [0.1, 0.15) is 0 Å². The van der Waals surface area contributed by atoms with Crippen molar-refractivity contribution in [1.82, 2.24) is 18.7 Å². The highest BCUT2D eigenvalue weighted by atomic mass is 79.9. The zero-order valence-electron chi connectivity index (χ0n) is 13.4. The first-order valence-electron chi connectivity index (χ1n) is 7.63. The predicted octanol–water partition coefficient (Wildman–Crippen LogP) is 1.22. The van der Waals surface area contributed by atoms with Crippen molar-refractivity contribution >= 4 is 33.0 Å². The van der Waals surface area contributed by atoms with Crippen molar-refractivity contribution in [3.8, 4) is 0 Å². The summed E-state index contributed by atoms with van der Waals surface area (Å²) in [6.07, 6.45) is 0. The van der Waals surface area contributed by atoms with Gasteiger partial charge in [0, 0.05) is 38.2 Å². The van der Waals surface area contributed by atoms with E-state index in [0.717, 1.165) is 27.1 Å². The summed E-state index contributed by atoms with van der Waals surface area (Å²) < 4.78 is 5.51. The number of rotatable bonds is 2. The van der Waals surface area contributed by atoms with E-state index in [2.05, 4.69) is 37.9 Å². The average Bonchev–Trinajstić information content (AvgIpc) is 3.11. The molecule has 0 aliphatic carbocycles. The molecule has 1 aromatic carbocycles. The highest BCUT2D eigenvalue weighted by Gasteiger charge is 2.27. The molecule has 0 N–H and O–H groups in total. The van der Waals surface area contributed by atoms with Gasteiger partial charge >= 0.3 is 5.69 Å². The molecule has 3 heterocycles. The molecule has 7 nitrogen and oxygen atoms in total. The molecule has 1 aliphatic rings. The Hall–Kier alpha value is -2.35. The van der Waals surface area contributed by atoms with Crippen molar-refractivity contribution in [2.75, 3.05) is 11.4 Å². The molecule has 1 aliphatic heterocycles. The fourth-order valence-corrected chi connectivity index (χ4v) is 3.66. The number of nitrogens with zero attached hydrogens (tertiary/aromatic N) is 5. The second-order valence-corrected chi connectivity index (χ2v) is 6.91. The van der Waals surface area contributed by atoms with Crippen LogP contribution in [-0.4, -0.2) is 25.2 Å². The number of hydrogen-bond donors (Lipinski definition) is 0. The largest absolute Gasteiger partial charge is 0.336 e. The lowest BCUT2D eigenvalue weighted by Gasteiger charge is -2.16. The first kappa shape index (κ1) is 15.2. The Kier molecular flexibility index (Phi) is 3.38. The van der Waals surface area contributed by atoms with Gasteiger partial charge in [-0.3, -0.25) is 13.9 Å². The maximum Gasteiger partial charge on any atom is 0.332 e. The molecule has 0 bridgehead atoms. The third-order valence-corrected chi connectivity index (χ3v) is 4.96. The van der Waals surface area contributed by atoms with Gasteiger partial charge in [-0.05, 0) is 17.7 Å². The van der Waals surface area contributed by atoms with Crippen molar-refractivity contribution < 1.29 is 0 Å². The molecule has 2 aromatic heterocycles. The van der Waals surface area contributed by atoms with Crippen LogP contribution in [0.1, 0.15) is 5.56 Å². The van der Waals surface area contributed by atoms with Gasteiger partial charge in [-0.25, -0.2) is 4.79 Å². The molecular weight excluding hydrogens is 374 g/mol. The van der Waals surface area contributed by atoms with Crippen LogP contribution in [0.5, 0.6) is 0 Å². The Labute approximate surface area is 145 Å². The Morgan fingerprint density at radius 3 is 2.71 bits per heavy atom. The molecular formula is C16H16BrN5O2. The number of anilines is 1. The van der Waals surface area contributed by atoms with Gasteiger partial charge in [0.15, 0.2) is 11.2 Å². The average molecular weight is 390 g/mol. The third-order valence-electron chi connectivity index (χ3n) is 4.47. The van der Waals surface area contributed by atoms with Crippen LogP contribution in [0, 0.1) is 0 Å². The summed E-state index contributed by atoms with van der Waals surface area (Å²) in [6.45, 7) is 2.18. The summed E-state index contributed by atoms with van der Waals surface area (Å²) in [5.74, 6) is 0.739. The quantitative estimate of drug-likeness (QED) is 0.660. The van der Waals surface area contributed by atoms with Crippen molar-refractivity contribution in [2.45, 2.75) is 13.1 Å². The van der Waals surface area contributed by atoms with Crippen LogP contribution in [0.4, 0.5) is 5.95 Å². The molecule has 4 rings (SSSR count). The summed E-state index contributed by atoms with van der Waals surface area (Å²) in [7, 11) is 3.14. The van der Waals surface area contributed by atoms with E-state index in [1.54, 1.807) is 7.05 Å². The maximum atomic E-state index is 12.5. The molecule has 0 saturated carbocycles. The van der Waals surface area contributed by atoms with Crippen LogP contribution in [0.15, 0.2) is 38.3 Å². The van der Waals surface area contributed by atoms with Crippen LogP contribution in [0.3, 0.4) is 0 Å². The van der Waals surface area contributed by atoms with Gasteiger partial charge in [-0.2, -0.15) is 4.98 Å². The Morgan fingerprint density at radius 1 is 1.17 bits per heavy atom. The molecule has 0 spiro atoms. The zero-order valence-corrected chi connectivity index (χ0v) is 14.9. The van der Waals surface area contributed by atoms with E-state index in [1.165, 1.54) is 11.6 Å². The summed E-state index contributed by atoms with van der Waals surface area (Å²) in [4.78, 5) is 31.3. The molecule has 3 aromatic rings. The molecule has 24 heavy (non-hydrogen) atoms. The van der Waals surface area contributed by atoms with Crippen molar-refractivity contribution in [3.05, 3.63) is 55.1 Å². The first-order valence-corrected chi connectivity index (χ1v) is 8.42. The number of aromatic nitrogens is 4. The second kappa shape index (κ2) is 5.34. The lowest BCUT2D eigenvalue weighted by Crippen LogP contribution is -2.37. The van der Waals surface area contributed by atoms with E-state index >= 15 is 0 Å². The first-order chi connectivity index (χ1) is 11.5. The number of hydrogen-bond acceptors (Lipinski definition) is 4. The van der Waals surface area contributed by atoms with Crippen LogP contribution >= 0.6 is 15.9 Å². The minimum Gasteiger partial charge on any atom is -0.336 e. The molecule has 0 fully saturated rings. The van der Waals surface area contributed by atoms with Crippen LogP contribution in [0.25, 0.3) is 11.2 Å². The van der Waals surface area contributed by atoms with Gasteiger partial charge in [0.2, 0.25) is 5.95 Å². The second-order valence-electron chi connectivity index (χ2n) is 5.99. The third kappa shape index (κ3) is 2.13. The minimum atomic E-state index is -0.359. The number of imidazole rings is 1. The molecule has 0 radical (unpaired) electrons. The fourth-order valence-electron chi connectivity index (χ4n) is 3.21. The fraction of sp³-hybridized carbons (Fsp3) is 0.312. The smallest absolute Gasteiger partial charge is 0.332 e. The topological polar surface area (TPSA) is 65.1 Å². The van der Waals surface area contributed by atoms with E-state index < -0.39 is 0 Å². The van der Waals surface area contributed by atoms with Gasteiger partial charge in [0.05, 0.1) is 0 Å². The summed E-state index contributed by atoms with van der Waals surface area (Å²) in [5.41, 5.74) is 1.44. The summed E-state index contributed by atoms with van der Waals surface area (Å²) in [5, 5.41) is 0. The number of halogens is 1. The lowest BCUT2D eigenvalue weighted by atomic mass is 10.2. The van der Waals surface area contributed by atoms with Gasteiger partial charge in [0.25, 0.3) is 5.56 Å². The number of fused-ring (bicyclic) bond motifs is 3. The maximum absolute atomic E-state index is 12.5. The lowest BCUT2D eigenvalue weighted by molar-refractivity contribution is 0.698. The Morgan fingerprint density at radius 2 is 1.96 bits per heavy atom. The highest BCUT2D eigenvalue weighted by Crippen LogP contribution is 2.26. The van der Waals surface area contributed by atoms with Gasteiger partial charge < -0.3 is 9.47 Å². The predicted molar refractivity (Wildman–Crippen MR) is 95.4 cm³/mol. The summed E-state index contributed by atoms with van der Waals surface area (Å²) in [6, 6.07) is 8.12. The van der Waals surface area contributed by atoms with E-state index in [1.807, 2.05) is 16.7 Å². The van der Waals surface area contributed by atoms with Crippen molar-refractivity contribution in [3.63, 3.8) is 0 Å².